The molecule has 0 radical (unpaired) electrons. The molecule has 1 N–H and O–H groups in total. The van der Waals surface area contributed by atoms with Crippen LogP contribution in [-0.4, -0.2) is 53.3 Å². The van der Waals surface area contributed by atoms with Gasteiger partial charge in [-0.15, -0.1) is 0 Å². The van der Waals surface area contributed by atoms with E-state index >= 15 is 0 Å². The average Bonchev–Trinajstić information content (AvgIpc) is 2.78. The summed E-state index contributed by atoms with van der Waals surface area (Å²) in [6.07, 6.45) is 3.85. The van der Waals surface area contributed by atoms with E-state index in [1.165, 1.54) is 0 Å². The number of hydrogen-bond donors (Lipinski definition) is 1. The minimum Gasteiger partial charge on any atom is -0.379 e. The smallest absolute Gasteiger partial charge is 0.127 e. The van der Waals surface area contributed by atoms with Crippen LogP contribution in [0.15, 0.2) is 12.4 Å². The van der Waals surface area contributed by atoms with Gasteiger partial charge in [0.2, 0.25) is 0 Å². The van der Waals surface area contributed by atoms with Gasteiger partial charge >= 0.3 is 0 Å². The van der Waals surface area contributed by atoms with Crippen LogP contribution in [0.2, 0.25) is 0 Å². The predicted octanol–water partition coefficient (Wildman–Crippen LogP) is 0.791. The molecular formula is C13H24N4O. The summed E-state index contributed by atoms with van der Waals surface area (Å²) in [5, 5.41) is 3.42. The number of nitrogens with zero attached hydrogens (tertiary/aromatic N) is 3. The van der Waals surface area contributed by atoms with E-state index in [1.54, 1.807) is 0 Å². The summed E-state index contributed by atoms with van der Waals surface area (Å²) < 4.78 is 7.53. The van der Waals surface area contributed by atoms with Gasteiger partial charge in [0.1, 0.15) is 5.82 Å². The molecule has 1 aromatic heterocycles. The van der Waals surface area contributed by atoms with Crippen LogP contribution in [0.1, 0.15) is 25.7 Å². The van der Waals surface area contributed by atoms with Crippen LogP contribution in [0, 0.1) is 0 Å². The molecule has 1 fully saturated rings. The highest BCUT2D eigenvalue weighted by Gasteiger charge is 2.38. The zero-order chi connectivity index (χ0) is 13.2. The molecule has 0 aromatic carbocycles. The van der Waals surface area contributed by atoms with Crippen molar-refractivity contribution in [1.82, 2.24) is 19.8 Å². The summed E-state index contributed by atoms with van der Waals surface area (Å²) in [6.45, 7) is 8.15. The lowest BCUT2D eigenvalue weighted by atomic mass is 9.91. The molecule has 0 amide bonds. The lowest BCUT2D eigenvalue weighted by Gasteiger charge is -2.45. The lowest BCUT2D eigenvalue weighted by Crippen LogP contribution is -2.56. The molecule has 1 aliphatic rings. The maximum Gasteiger partial charge on any atom is 0.127 e. The van der Waals surface area contributed by atoms with E-state index in [2.05, 4.69) is 33.6 Å². The molecular weight excluding hydrogens is 228 g/mol. The Bertz CT molecular complexity index is 382. The Morgan fingerprint density at radius 2 is 2.06 bits per heavy atom. The van der Waals surface area contributed by atoms with E-state index in [0.717, 1.165) is 32.1 Å². The van der Waals surface area contributed by atoms with Gasteiger partial charge in [-0.3, -0.25) is 4.90 Å². The third kappa shape index (κ3) is 2.43. The molecule has 2 rings (SSSR count). The molecule has 2 heterocycles. The van der Waals surface area contributed by atoms with Crippen LogP contribution < -0.4 is 5.32 Å². The normalized spacial score (nSPS) is 20.0. The molecule has 102 valence electrons. The first-order chi connectivity index (χ1) is 8.57. The monoisotopic (exact) mass is 252 g/mol. The van der Waals surface area contributed by atoms with Crippen molar-refractivity contribution in [2.24, 2.45) is 7.05 Å². The maximum absolute atomic E-state index is 5.44. The Labute approximate surface area is 109 Å². The largest absolute Gasteiger partial charge is 0.379 e. The van der Waals surface area contributed by atoms with Gasteiger partial charge in [0.25, 0.3) is 0 Å². The van der Waals surface area contributed by atoms with Crippen LogP contribution in [-0.2, 0) is 11.8 Å². The van der Waals surface area contributed by atoms with Crippen molar-refractivity contribution >= 4 is 0 Å². The summed E-state index contributed by atoms with van der Waals surface area (Å²) >= 11 is 0. The Balaban J connectivity index is 2.22. The van der Waals surface area contributed by atoms with Crippen molar-refractivity contribution in [2.45, 2.75) is 25.4 Å². The second-order valence-corrected chi connectivity index (χ2v) is 5.37. The molecule has 1 aliphatic heterocycles. The Hall–Kier alpha value is -0.910. The first-order valence-corrected chi connectivity index (χ1v) is 6.54. The number of nitrogens with one attached hydrogen (secondary N) is 1. The van der Waals surface area contributed by atoms with Crippen LogP contribution in [0.5, 0.6) is 0 Å². The SMILES string of the molecule is CNC(c1nccn1C)C(C)(C)N1CCOCC1. The zero-order valence-electron chi connectivity index (χ0n) is 11.8. The molecule has 1 saturated heterocycles. The number of likely N-dealkylation sites (N-methyl/N-ethyl adjacent to an activating group) is 1. The summed E-state index contributed by atoms with van der Waals surface area (Å²) in [7, 11) is 4.05. The number of aromatic nitrogens is 2. The third-order valence-electron chi connectivity index (χ3n) is 3.94. The Morgan fingerprint density at radius 1 is 1.39 bits per heavy atom. The molecule has 0 spiro atoms. The van der Waals surface area contributed by atoms with E-state index in [1.807, 2.05) is 26.5 Å². The summed E-state index contributed by atoms with van der Waals surface area (Å²) in [4.78, 5) is 6.97. The first-order valence-electron chi connectivity index (χ1n) is 6.54. The van der Waals surface area contributed by atoms with Crippen LogP contribution in [0.4, 0.5) is 0 Å². The summed E-state index contributed by atoms with van der Waals surface area (Å²) in [6, 6.07) is 0.204. The molecule has 1 unspecified atom stereocenters. The number of aryl methyl sites for hydroxylation is 1. The van der Waals surface area contributed by atoms with Gasteiger partial charge in [-0.2, -0.15) is 0 Å². The standard InChI is InChI=1S/C13H24N4O/c1-13(2,17-7-9-18-10-8-17)11(14-3)12-15-5-6-16(12)4/h5-6,11,14H,7-10H2,1-4H3. The molecule has 5 nitrogen and oxygen atoms in total. The van der Waals surface area contributed by atoms with Crippen LogP contribution >= 0.6 is 0 Å². The zero-order valence-corrected chi connectivity index (χ0v) is 11.8. The predicted molar refractivity (Wildman–Crippen MR) is 71.5 cm³/mol. The molecule has 1 atom stereocenters. The van der Waals surface area contributed by atoms with Crippen molar-refractivity contribution in [3.05, 3.63) is 18.2 Å². The highest BCUT2D eigenvalue weighted by atomic mass is 16.5. The minimum atomic E-state index is 0.0116. The van der Waals surface area contributed by atoms with Crippen LogP contribution in [0.3, 0.4) is 0 Å². The quantitative estimate of drug-likeness (QED) is 0.860. The summed E-state index contributed by atoms with van der Waals surface area (Å²) in [5.74, 6) is 1.08. The van der Waals surface area contributed by atoms with Crippen molar-refractivity contribution in [1.29, 1.82) is 0 Å². The topological polar surface area (TPSA) is 42.3 Å². The minimum absolute atomic E-state index is 0.0116. The number of hydrogen-bond acceptors (Lipinski definition) is 4. The molecule has 0 saturated carbocycles. The van der Waals surface area contributed by atoms with Crippen molar-refractivity contribution < 1.29 is 4.74 Å². The fourth-order valence-electron chi connectivity index (χ4n) is 2.78. The van der Waals surface area contributed by atoms with E-state index in [4.69, 9.17) is 4.74 Å². The van der Waals surface area contributed by atoms with Crippen molar-refractivity contribution in [3.63, 3.8) is 0 Å². The molecule has 1 aromatic rings. The highest BCUT2D eigenvalue weighted by Crippen LogP contribution is 2.30. The van der Waals surface area contributed by atoms with Gasteiger partial charge in [0.15, 0.2) is 0 Å². The van der Waals surface area contributed by atoms with E-state index < -0.39 is 0 Å². The molecule has 0 bridgehead atoms. The van der Waals surface area contributed by atoms with Gasteiger partial charge in [0, 0.05) is 38.1 Å². The Morgan fingerprint density at radius 3 is 2.56 bits per heavy atom. The maximum atomic E-state index is 5.44. The van der Waals surface area contributed by atoms with E-state index in [-0.39, 0.29) is 11.6 Å². The van der Waals surface area contributed by atoms with Crippen molar-refractivity contribution in [3.8, 4) is 0 Å². The van der Waals surface area contributed by atoms with Crippen molar-refractivity contribution in [2.75, 3.05) is 33.4 Å². The lowest BCUT2D eigenvalue weighted by molar-refractivity contribution is -0.0242. The van der Waals surface area contributed by atoms with E-state index in [0.29, 0.717) is 0 Å². The van der Waals surface area contributed by atoms with Gasteiger partial charge in [-0.25, -0.2) is 4.98 Å². The van der Waals surface area contributed by atoms with Crippen LogP contribution in [0.25, 0.3) is 0 Å². The highest BCUT2D eigenvalue weighted by molar-refractivity contribution is 5.08. The fraction of sp³-hybridized carbons (Fsp3) is 0.769. The number of ether oxygens (including phenoxy) is 1. The molecule has 5 heteroatoms. The fourth-order valence-corrected chi connectivity index (χ4v) is 2.78. The van der Waals surface area contributed by atoms with Gasteiger partial charge in [-0.1, -0.05) is 0 Å². The molecule has 0 aliphatic carbocycles. The number of morpholine rings is 1. The second kappa shape index (κ2) is 5.38. The number of rotatable bonds is 4. The van der Waals surface area contributed by atoms with E-state index in [9.17, 15) is 0 Å². The molecule has 18 heavy (non-hydrogen) atoms. The second-order valence-electron chi connectivity index (χ2n) is 5.37. The number of imidazole rings is 1. The van der Waals surface area contributed by atoms with Gasteiger partial charge in [-0.05, 0) is 20.9 Å². The van der Waals surface area contributed by atoms with Gasteiger partial charge in [0.05, 0.1) is 19.3 Å². The third-order valence-corrected chi connectivity index (χ3v) is 3.94. The van der Waals surface area contributed by atoms with Gasteiger partial charge < -0.3 is 14.6 Å². The summed E-state index contributed by atoms with van der Waals surface area (Å²) in [5.41, 5.74) is 0.0116. The first kappa shape index (κ1) is 13.5. The Kier molecular flexibility index (Phi) is 4.04. The average molecular weight is 252 g/mol.